The molecule has 2 aromatic carbocycles. The first-order valence-corrected chi connectivity index (χ1v) is 11.8. The number of thiazole rings is 1. The third-order valence-electron chi connectivity index (χ3n) is 5.70. The van der Waals surface area contributed by atoms with Gasteiger partial charge in [-0.1, -0.05) is 17.4 Å². The number of halogens is 2. The zero-order chi connectivity index (χ0) is 25.2. The number of benzene rings is 2. The number of aromatic nitrogens is 2. The first-order valence-electron chi connectivity index (χ1n) is 11.0. The standard InChI is InChI=1S/C24H19F2N5O4S/c25-16-12-18(26)22-21(13-16)36-24(28-22)30(14-17-3-1-2-6-27-17)23(32)15-4-5-19(20(11-15)31(33)34)29-7-9-35-10-8-29/h1-6,11-13H,7-10,14H2. The van der Waals surface area contributed by atoms with Gasteiger partial charge < -0.3 is 9.64 Å². The first kappa shape index (κ1) is 23.7. The number of hydrogen-bond donors (Lipinski definition) is 0. The van der Waals surface area contributed by atoms with E-state index in [-0.39, 0.29) is 33.1 Å². The summed E-state index contributed by atoms with van der Waals surface area (Å²) in [4.78, 5) is 36.6. The van der Waals surface area contributed by atoms with Crippen molar-refractivity contribution in [3.8, 4) is 0 Å². The number of amides is 1. The highest BCUT2D eigenvalue weighted by Crippen LogP contribution is 2.34. The molecule has 1 saturated heterocycles. The molecule has 12 heteroatoms. The molecule has 184 valence electrons. The molecule has 0 atom stereocenters. The molecule has 0 N–H and O–H groups in total. The molecule has 1 aliphatic heterocycles. The molecule has 0 aliphatic carbocycles. The molecule has 0 spiro atoms. The van der Waals surface area contributed by atoms with E-state index in [9.17, 15) is 23.7 Å². The van der Waals surface area contributed by atoms with Crippen LogP contribution < -0.4 is 9.80 Å². The molecular weight excluding hydrogens is 492 g/mol. The summed E-state index contributed by atoms with van der Waals surface area (Å²) in [7, 11) is 0. The lowest BCUT2D eigenvalue weighted by molar-refractivity contribution is -0.384. The fourth-order valence-electron chi connectivity index (χ4n) is 3.97. The summed E-state index contributed by atoms with van der Waals surface area (Å²) in [5.74, 6) is -2.19. The zero-order valence-electron chi connectivity index (χ0n) is 18.8. The van der Waals surface area contributed by atoms with Gasteiger partial charge in [0, 0.05) is 37.0 Å². The number of carbonyl (C=O) groups is 1. The minimum absolute atomic E-state index is 0.0252. The second-order valence-electron chi connectivity index (χ2n) is 8.00. The predicted octanol–water partition coefficient (Wildman–Crippen LogP) is 4.56. The van der Waals surface area contributed by atoms with Crippen LogP contribution in [0.15, 0.2) is 54.7 Å². The predicted molar refractivity (Wildman–Crippen MR) is 130 cm³/mol. The molecule has 2 aromatic heterocycles. The molecule has 1 fully saturated rings. The summed E-state index contributed by atoms with van der Waals surface area (Å²) in [5, 5.41) is 12.0. The quantitative estimate of drug-likeness (QED) is 0.276. The molecule has 36 heavy (non-hydrogen) atoms. The maximum absolute atomic E-state index is 14.3. The van der Waals surface area contributed by atoms with Crippen LogP contribution in [-0.2, 0) is 11.3 Å². The van der Waals surface area contributed by atoms with Crippen LogP contribution >= 0.6 is 11.3 Å². The number of morpholine rings is 1. The number of nitro benzene ring substituents is 1. The van der Waals surface area contributed by atoms with E-state index in [0.717, 1.165) is 23.5 Å². The SMILES string of the molecule is O=C(c1ccc(N2CCOCC2)c([N+](=O)[O-])c1)N(Cc1ccccn1)c1nc2c(F)cc(F)cc2s1. The van der Waals surface area contributed by atoms with Crippen molar-refractivity contribution in [2.24, 2.45) is 0 Å². The molecule has 5 rings (SSSR count). The number of anilines is 2. The number of ether oxygens (including phenoxy) is 1. The van der Waals surface area contributed by atoms with Crippen LogP contribution in [0.2, 0.25) is 0 Å². The summed E-state index contributed by atoms with van der Waals surface area (Å²) >= 11 is 0.943. The van der Waals surface area contributed by atoms with E-state index >= 15 is 0 Å². The number of pyridine rings is 1. The molecule has 4 aromatic rings. The fourth-order valence-corrected chi connectivity index (χ4v) is 4.97. The average molecular weight is 512 g/mol. The van der Waals surface area contributed by atoms with Gasteiger partial charge in [-0.15, -0.1) is 0 Å². The Hall–Kier alpha value is -4.03. The van der Waals surface area contributed by atoms with Crippen LogP contribution in [0.3, 0.4) is 0 Å². The van der Waals surface area contributed by atoms with Gasteiger partial charge in [0.2, 0.25) is 0 Å². The largest absolute Gasteiger partial charge is 0.378 e. The van der Waals surface area contributed by atoms with Crippen molar-refractivity contribution in [1.29, 1.82) is 0 Å². The molecule has 9 nitrogen and oxygen atoms in total. The Kier molecular flexibility index (Phi) is 6.53. The Morgan fingerprint density at radius 1 is 1.17 bits per heavy atom. The number of fused-ring (bicyclic) bond motifs is 1. The van der Waals surface area contributed by atoms with Crippen molar-refractivity contribution in [3.05, 3.63) is 87.7 Å². The van der Waals surface area contributed by atoms with E-state index in [4.69, 9.17) is 4.74 Å². The van der Waals surface area contributed by atoms with Crippen LogP contribution in [0.25, 0.3) is 10.2 Å². The summed E-state index contributed by atoms with van der Waals surface area (Å²) in [6, 6.07) is 11.3. The molecular formula is C24H19F2N5O4S. The van der Waals surface area contributed by atoms with Crippen LogP contribution in [0, 0.1) is 21.7 Å². The van der Waals surface area contributed by atoms with Gasteiger partial charge in [0.05, 0.1) is 35.1 Å². The van der Waals surface area contributed by atoms with Crippen molar-refractivity contribution >= 4 is 44.0 Å². The van der Waals surface area contributed by atoms with Crippen LogP contribution in [0.5, 0.6) is 0 Å². The van der Waals surface area contributed by atoms with E-state index in [0.29, 0.717) is 37.7 Å². The third-order valence-corrected chi connectivity index (χ3v) is 6.72. The smallest absolute Gasteiger partial charge is 0.293 e. The monoisotopic (exact) mass is 511 g/mol. The maximum atomic E-state index is 14.3. The van der Waals surface area contributed by atoms with Crippen molar-refractivity contribution in [3.63, 3.8) is 0 Å². The lowest BCUT2D eigenvalue weighted by Gasteiger charge is -2.28. The molecule has 0 saturated carbocycles. The van der Waals surface area contributed by atoms with E-state index in [1.807, 2.05) is 4.90 Å². The van der Waals surface area contributed by atoms with Gasteiger partial charge in [-0.3, -0.25) is 24.8 Å². The number of nitrogens with zero attached hydrogens (tertiary/aromatic N) is 5. The molecule has 3 heterocycles. The Balaban J connectivity index is 1.56. The van der Waals surface area contributed by atoms with Gasteiger partial charge in [0.15, 0.2) is 10.9 Å². The van der Waals surface area contributed by atoms with Gasteiger partial charge in [-0.05, 0) is 30.3 Å². The molecule has 0 bridgehead atoms. The number of hydrogen-bond acceptors (Lipinski definition) is 8. The topological polar surface area (TPSA) is 102 Å². The van der Waals surface area contributed by atoms with E-state index < -0.39 is 22.5 Å². The van der Waals surface area contributed by atoms with Crippen LogP contribution in [0.4, 0.5) is 25.3 Å². The van der Waals surface area contributed by atoms with Gasteiger partial charge in [0.25, 0.3) is 11.6 Å². The summed E-state index contributed by atoms with van der Waals surface area (Å²) < 4.78 is 33.7. The number of carbonyl (C=O) groups excluding carboxylic acids is 1. The van der Waals surface area contributed by atoms with Gasteiger partial charge >= 0.3 is 0 Å². The minimum atomic E-state index is -0.844. The number of nitro groups is 1. The highest BCUT2D eigenvalue weighted by Gasteiger charge is 2.28. The Bertz CT molecular complexity index is 1440. The zero-order valence-corrected chi connectivity index (χ0v) is 19.6. The maximum Gasteiger partial charge on any atom is 0.293 e. The van der Waals surface area contributed by atoms with Crippen molar-refractivity contribution in [2.75, 3.05) is 36.1 Å². The average Bonchev–Trinajstić information content (AvgIpc) is 3.32. The van der Waals surface area contributed by atoms with Gasteiger partial charge in [-0.25, -0.2) is 13.8 Å². The van der Waals surface area contributed by atoms with Crippen LogP contribution in [-0.4, -0.2) is 47.1 Å². The summed E-state index contributed by atoms with van der Waals surface area (Å²) in [6.07, 6.45) is 1.56. The Morgan fingerprint density at radius 2 is 1.97 bits per heavy atom. The highest BCUT2D eigenvalue weighted by atomic mass is 32.1. The molecule has 0 radical (unpaired) electrons. The molecule has 0 unspecified atom stereocenters. The second-order valence-corrected chi connectivity index (χ2v) is 9.01. The first-order chi connectivity index (χ1) is 17.4. The van der Waals surface area contributed by atoms with Crippen molar-refractivity contribution < 1.29 is 23.2 Å². The Morgan fingerprint density at radius 3 is 2.69 bits per heavy atom. The number of rotatable bonds is 6. The normalized spacial score (nSPS) is 13.7. The Labute approximate surface area is 207 Å². The lowest BCUT2D eigenvalue weighted by Crippen LogP contribution is -2.36. The summed E-state index contributed by atoms with van der Waals surface area (Å²) in [6.45, 7) is 1.86. The van der Waals surface area contributed by atoms with E-state index in [2.05, 4.69) is 9.97 Å². The van der Waals surface area contributed by atoms with E-state index in [1.165, 1.54) is 17.0 Å². The molecule has 1 amide bonds. The highest BCUT2D eigenvalue weighted by molar-refractivity contribution is 7.22. The van der Waals surface area contributed by atoms with Crippen molar-refractivity contribution in [1.82, 2.24) is 9.97 Å². The third kappa shape index (κ3) is 4.72. The van der Waals surface area contributed by atoms with Crippen LogP contribution in [0.1, 0.15) is 16.1 Å². The molecule has 1 aliphatic rings. The van der Waals surface area contributed by atoms with Gasteiger partial charge in [0.1, 0.15) is 17.0 Å². The minimum Gasteiger partial charge on any atom is -0.378 e. The summed E-state index contributed by atoms with van der Waals surface area (Å²) in [5.41, 5.74) is 0.701. The van der Waals surface area contributed by atoms with Gasteiger partial charge in [-0.2, -0.15) is 0 Å². The second kappa shape index (κ2) is 9.91. The van der Waals surface area contributed by atoms with E-state index in [1.54, 1.807) is 30.5 Å². The fraction of sp³-hybridized carbons (Fsp3) is 0.208. The lowest BCUT2D eigenvalue weighted by atomic mass is 10.1. The van der Waals surface area contributed by atoms with Crippen molar-refractivity contribution in [2.45, 2.75) is 6.54 Å².